The lowest BCUT2D eigenvalue weighted by molar-refractivity contribution is -0.117. The zero-order chi connectivity index (χ0) is 19.6. The summed E-state index contributed by atoms with van der Waals surface area (Å²) >= 11 is 0. The molecule has 0 spiro atoms. The Labute approximate surface area is 159 Å². The van der Waals surface area contributed by atoms with Crippen LogP contribution < -0.4 is 14.5 Å². The summed E-state index contributed by atoms with van der Waals surface area (Å²) in [7, 11) is -0.214. The molecule has 1 amide bonds. The van der Waals surface area contributed by atoms with E-state index in [-0.39, 0.29) is 23.0 Å². The van der Waals surface area contributed by atoms with Crippen LogP contribution in [0.1, 0.15) is 25.3 Å². The van der Waals surface area contributed by atoms with Gasteiger partial charge >= 0.3 is 0 Å². The Bertz CT molecular complexity index is 944. The maximum Gasteiger partial charge on any atom is 0.263 e. The summed E-state index contributed by atoms with van der Waals surface area (Å²) < 4.78 is 27.7. The maximum atomic E-state index is 12.6. The van der Waals surface area contributed by atoms with E-state index < -0.39 is 10.0 Å². The van der Waals surface area contributed by atoms with Crippen LogP contribution in [0.4, 0.5) is 17.3 Å². The summed E-state index contributed by atoms with van der Waals surface area (Å²) in [5.41, 5.74) is 1.43. The number of hydrogen-bond acceptors (Lipinski definition) is 6. The highest BCUT2D eigenvalue weighted by atomic mass is 32.2. The topological polar surface area (TPSA) is 95.5 Å². The summed E-state index contributed by atoms with van der Waals surface area (Å²) in [5.74, 6) is 0.781. The number of aromatic nitrogens is 2. The van der Waals surface area contributed by atoms with Gasteiger partial charge in [0, 0.05) is 26.3 Å². The molecule has 1 aromatic carbocycles. The van der Waals surface area contributed by atoms with Gasteiger partial charge in [0.1, 0.15) is 0 Å². The predicted molar refractivity (Wildman–Crippen MR) is 105 cm³/mol. The highest BCUT2D eigenvalue weighted by Gasteiger charge is 2.26. The molecule has 1 aliphatic heterocycles. The average molecular weight is 389 g/mol. The fourth-order valence-corrected chi connectivity index (χ4v) is 3.95. The van der Waals surface area contributed by atoms with Gasteiger partial charge in [0.05, 0.1) is 11.3 Å². The minimum absolute atomic E-state index is 0.0545. The van der Waals surface area contributed by atoms with Crippen molar-refractivity contribution in [1.82, 2.24) is 10.2 Å². The monoisotopic (exact) mass is 389 g/mol. The number of likely N-dealkylation sites (N-methyl/N-ethyl adjacent to an activating group) is 1. The van der Waals surface area contributed by atoms with Gasteiger partial charge in [-0.05, 0) is 42.3 Å². The minimum Gasteiger partial charge on any atom is -0.358 e. The van der Waals surface area contributed by atoms with Gasteiger partial charge < -0.3 is 9.80 Å². The van der Waals surface area contributed by atoms with Crippen LogP contribution in [-0.4, -0.2) is 45.2 Å². The number of carbonyl (C=O) groups excluding carboxylic acids is 1. The molecule has 27 heavy (non-hydrogen) atoms. The molecule has 0 saturated heterocycles. The molecule has 0 atom stereocenters. The third-order valence-corrected chi connectivity index (χ3v) is 5.92. The molecule has 0 unspecified atom stereocenters. The number of anilines is 3. The molecule has 9 heteroatoms. The number of sulfonamides is 1. The highest BCUT2D eigenvalue weighted by molar-refractivity contribution is 7.92. The maximum absolute atomic E-state index is 12.6. The van der Waals surface area contributed by atoms with Crippen LogP contribution in [0.5, 0.6) is 0 Å². The molecule has 8 nitrogen and oxygen atoms in total. The number of rotatable bonds is 7. The van der Waals surface area contributed by atoms with Crippen molar-refractivity contribution >= 4 is 33.3 Å². The lowest BCUT2D eigenvalue weighted by atomic mass is 10.2. The van der Waals surface area contributed by atoms with E-state index in [9.17, 15) is 13.2 Å². The van der Waals surface area contributed by atoms with E-state index in [1.807, 2.05) is 11.9 Å². The first kappa shape index (κ1) is 19.1. The van der Waals surface area contributed by atoms with Gasteiger partial charge in [-0.25, -0.2) is 8.42 Å². The summed E-state index contributed by atoms with van der Waals surface area (Å²) in [6, 6.07) is 7.98. The van der Waals surface area contributed by atoms with Crippen LogP contribution >= 0.6 is 0 Å². The van der Waals surface area contributed by atoms with Gasteiger partial charge in [0.15, 0.2) is 11.6 Å². The van der Waals surface area contributed by atoms with E-state index in [1.165, 1.54) is 17.0 Å². The number of fused-ring (bicyclic) bond motifs is 1. The summed E-state index contributed by atoms with van der Waals surface area (Å²) in [4.78, 5) is 15.4. The Morgan fingerprint density at radius 2 is 2.00 bits per heavy atom. The largest absolute Gasteiger partial charge is 0.358 e. The fraction of sp³-hybridized carbons (Fsp3) is 0.389. The Hall–Kier alpha value is -2.68. The first-order valence-corrected chi connectivity index (χ1v) is 10.3. The number of nitrogens with one attached hydrogen (secondary N) is 1. The molecule has 1 aromatic heterocycles. The van der Waals surface area contributed by atoms with E-state index in [4.69, 9.17) is 0 Å². The zero-order valence-electron chi connectivity index (χ0n) is 15.6. The Balaban J connectivity index is 1.75. The molecule has 2 aromatic rings. The van der Waals surface area contributed by atoms with Crippen LogP contribution in [0, 0.1) is 0 Å². The standard InChI is InChI=1S/C18H23N5O3S/c1-4-5-10-22(2)17-9-8-16(19-20-17)21-27(25,26)14-6-7-15-13(11-14)12-18(24)23(15)3/h6-9,11H,4-5,10,12H2,1-3H3,(H,19,21). The second-order valence-corrected chi connectivity index (χ2v) is 8.26. The molecule has 0 radical (unpaired) electrons. The highest BCUT2D eigenvalue weighted by Crippen LogP contribution is 2.30. The van der Waals surface area contributed by atoms with Gasteiger partial charge in [0.2, 0.25) is 5.91 Å². The first-order valence-electron chi connectivity index (χ1n) is 8.79. The fourth-order valence-electron chi connectivity index (χ4n) is 2.90. The minimum atomic E-state index is -3.81. The molecule has 2 heterocycles. The molecular weight excluding hydrogens is 366 g/mol. The molecule has 0 aliphatic carbocycles. The van der Waals surface area contributed by atoms with Gasteiger partial charge in [0.25, 0.3) is 10.0 Å². The van der Waals surface area contributed by atoms with Crippen molar-refractivity contribution in [2.45, 2.75) is 31.1 Å². The third-order valence-electron chi connectivity index (χ3n) is 4.57. The van der Waals surface area contributed by atoms with Crippen LogP contribution in [0.15, 0.2) is 35.2 Å². The number of unbranched alkanes of at least 4 members (excludes halogenated alkanes) is 1. The number of nitrogens with zero attached hydrogens (tertiary/aromatic N) is 4. The predicted octanol–water partition coefficient (Wildman–Crippen LogP) is 2.03. The van der Waals surface area contributed by atoms with Crippen molar-refractivity contribution < 1.29 is 13.2 Å². The van der Waals surface area contributed by atoms with Crippen LogP contribution in [-0.2, 0) is 21.2 Å². The van der Waals surface area contributed by atoms with Crippen molar-refractivity contribution in [2.75, 3.05) is 35.2 Å². The first-order chi connectivity index (χ1) is 12.8. The average Bonchev–Trinajstić information content (AvgIpc) is 2.93. The molecule has 0 bridgehead atoms. The van der Waals surface area contributed by atoms with Crippen LogP contribution in [0.3, 0.4) is 0 Å². The Kier molecular flexibility index (Phi) is 5.31. The normalized spacial score (nSPS) is 13.6. The summed E-state index contributed by atoms with van der Waals surface area (Å²) in [6.45, 7) is 2.98. The second kappa shape index (κ2) is 7.51. The molecule has 1 aliphatic rings. The third kappa shape index (κ3) is 4.02. The number of hydrogen-bond donors (Lipinski definition) is 1. The van der Waals surface area contributed by atoms with Crippen LogP contribution in [0.2, 0.25) is 0 Å². The van der Waals surface area contributed by atoms with Gasteiger partial charge in [-0.2, -0.15) is 0 Å². The van der Waals surface area contributed by atoms with Crippen molar-refractivity contribution in [3.63, 3.8) is 0 Å². The second-order valence-electron chi connectivity index (χ2n) is 6.58. The van der Waals surface area contributed by atoms with E-state index in [0.29, 0.717) is 11.4 Å². The number of amides is 1. The number of carbonyl (C=O) groups is 1. The van der Waals surface area contributed by atoms with Crippen molar-refractivity contribution in [3.05, 3.63) is 35.9 Å². The van der Waals surface area contributed by atoms with Gasteiger partial charge in [-0.15, -0.1) is 10.2 Å². The molecular formula is C18H23N5O3S. The van der Waals surface area contributed by atoms with Crippen LogP contribution in [0.25, 0.3) is 0 Å². The zero-order valence-corrected chi connectivity index (χ0v) is 16.5. The van der Waals surface area contributed by atoms with E-state index in [1.54, 1.807) is 25.2 Å². The Morgan fingerprint density at radius 1 is 1.22 bits per heavy atom. The lowest BCUT2D eigenvalue weighted by Crippen LogP contribution is -2.20. The number of benzene rings is 1. The van der Waals surface area contributed by atoms with Crippen molar-refractivity contribution in [3.8, 4) is 0 Å². The van der Waals surface area contributed by atoms with Gasteiger partial charge in [-0.3, -0.25) is 9.52 Å². The van der Waals surface area contributed by atoms with E-state index in [2.05, 4.69) is 21.8 Å². The van der Waals surface area contributed by atoms with Crippen molar-refractivity contribution in [2.24, 2.45) is 0 Å². The SMILES string of the molecule is CCCCN(C)c1ccc(NS(=O)(=O)c2ccc3c(c2)CC(=O)N3C)nn1. The quantitative estimate of drug-likeness (QED) is 0.778. The lowest BCUT2D eigenvalue weighted by Gasteiger charge is -2.17. The molecule has 0 fully saturated rings. The molecule has 0 saturated carbocycles. The van der Waals surface area contributed by atoms with E-state index >= 15 is 0 Å². The molecule has 1 N–H and O–H groups in total. The molecule has 144 valence electrons. The Morgan fingerprint density at radius 3 is 2.67 bits per heavy atom. The molecule has 3 rings (SSSR count). The van der Waals surface area contributed by atoms with Gasteiger partial charge in [-0.1, -0.05) is 13.3 Å². The van der Waals surface area contributed by atoms with Crippen molar-refractivity contribution in [1.29, 1.82) is 0 Å². The smallest absolute Gasteiger partial charge is 0.263 e. The summed E-state index contributed by atoms with van der Waals surface area (Å²) in [6.07, 6.45) is 2.33. The van der Waals surface area contributed by atoms with E-state index in [0.717, 1.165) is 25.1 Å². The summed E-state index contributed by atoms with van der Waals surface area (Å²) in [5, 5.41) is 8.06.